The maximum atomic E-state index is 5.75. The maximum absolute atomic E-state index is 5.75. The SMILES string of the molecule is CN1CCN(Cc2noc([C@H]3CCOC(C)(C)C3)n2)CC1. The summed E-state index contributed by atoms with van der Waals surface area (Å²) < 4.78 is 11.3. The van der Waals surface area contributed by atoms with E-state index in [2.05, 4.69) is 40.8 Å². The molecule has 2 aliphatic rings. The first kappa shape index (κ1) is 14.9. The van der Waals surface area contributed by atoms with Gasteiger partial charge in [0.05, 0.1) is 12.1 Å². The third-order valence-electron chi connectivity index (χ3n) is 4.49. The molecule has 1 atom stereocenters. The summed E-state index contributed by atoms with van der Waals surface area (Å²) in [6.45, 7) is 10.2. The lowest BCUT2D eigenvalue weighted by atomic mass is 9.88. The van der Waals surface area contributed by atoms with Crippen molar-refractivity contribution >= 4 is 0 Å². The van der Waals surface area contributed by atoms with Gasteiger partial charge in [0, 0.05) is 38.7 Å². The predicted octanol–water partition coefficient (Wildman–Crippen LogP) is 1.49. The van der Waals surface area contributed by atoms with E-state index in [4.69, 9.17) is 9.26 Å². The Morgan fingerprint density at radius 3 is 2.71 bits per heavy atom. The van der Waals surface area contributed by atoms with E-state index < -0.39 is 0 Å². The molecular weight excluding hydrogens is 268 g/mol. The second-order valence-corrected chi connectivity index (χ2v) is 6.93. The zero-order valence-corrected chi connectivity index (χ0v) is 13.3. The normalized spacial score (nSPS) is 27.9. The molecule has 2 saturated heterocycles. The highest BCUT2D eigenvalue weighted by molar-refractivity contribution is 4.98. The topological polar surface area (TPSA) is 54.6 Å². The Morgan fingerprint density at radius 2 is 2.00 bits per heavy atom. The maximum Gasteiger partial charge on any atom is 0.230 e. The molecule has 1 aromatic rings. The molecule has 0 aliphatic carbocycles. The van der Waals surface area contributed by atoms with Crippen LogP contribution in [0.15, 0.2) is 4.52 Å². The fraction of sp³-hybridized carbons (Fsp3) is 0.867. The van der Waals surface area contributed by atoms with Crippen LogP contribution in [0.25, 0.3) is 0 Å². The molecule has 3 rings (SSSR count). The standard InChI is InChI=1S/C15H26N4O2/c1-15(2)10-12(4-9-20-15)14-16-13(17-21-14)11-19-7-5-18(3)6-8-19/h12H,4-11H2,1-3H3/t12-/m0/s1. The zero-order chi connectivity index (χ0) is 14.9. The van der Waals surface area contributed by atoms with Gasteiger partial charge in [0.15, 0.2) is 5.82 Å². The van der Waals surface area contributed by atoms with Gasteiger partial charge >= 0.3 is 0 Å². The first-order valence-corrected chi connectivity index (χ1v) is 7.89. The first-order chi connectivity index (χ1) is 10.0. The van der Waals surface area contributed by atoms with Gasteiger partial charge in [-0.15, -0.1) is 0 Å². The quantitative estimate of drug-likeness (QED) is 0.842. The van der Waals surface area contributed by atoms with Crippen LogP contribution >= 0.6 is 0 Å². The Labute approximate surface area is 126 Å². The third kappa shape index (κ3) is 3.81. The molecule has 6 heteroatoms. The van der Waals surface area contributed by atoms with E-state index >= 15 is 0 Å². The average Bonchev–Trinajstić information content (AvgIpc) is 2.89. The van der Waals surface area contributed by atoms with Gasteiger partial charge in [-0.1, -0.05) is 5.16 Å². The highest BCUT2D eigenvalue weighted by Gasteiger charge is 2.33. The van der Waals surface area contributed by atoms with Crippen molar-refractivity contribution in [3.8, 4) is 0 Å². The highest BCUT2D eigenvalue weighted by Crippen LogP contribution is 2.34. The lowest BCUT2D eigenvalue weighted by Crippen LogP contribution is -2.44. The molecule has 0 amide bonds. The minimum absolute atomic E-state index is 0.0883. The fourth-order valence-corrected chi connectivity index (χ4v) is 3.15. The van der Waals surface area contributed by atoms with Crippen molar-refractivity contribution in [3.05, 3.63) is 11.7 Å². The number of piperazine rings is 1. The van der Waals surface area contributed by atoms with Gasteiger partial charge in [0.25, 0.3) is 0 Å². The number of likely N-dealkylation sites (N-methyl/N-ethyl adjacent to an activating group) is 1. The molecule has 0 saturated carbocycles. The van der Waals surface area contributed by atoms with Crippen molar-refractivity contribution in [1.29, 1.82) is 0 Å². The molecule has 1 aromatic heterocycles. The molecule has 0 radical (unpaired) electrons. The summed E-state index contributed by atoms with van der Waals surface area (Å²) in [6.07, 6.45) is 1.92. The van der Waals surface area contributed by atoms with Crippen LogP contribution in [0.5, 0.6) is 0 Å². The molecule has 118 valence electrons. The van der Waals surface area contributed by atoms with E-state index in [-0.39, 0.29) is 5.60 Å². The largest absolute Gasteiger partial charge is 0.376 e. The van der Waals surface area contributed by atoms with Gasteiger partial charge in [-0.3, -0.25) is 4.90 Å². The molecule has 0 bridgehead atoms. The number of rotatable bonds is 3. The predicted molar refractivity (Wildman–Crippen MR) is 79.1 cm³/mol. The van der Waals surface area contributed by atoms with Crippen molar-refractivity contribution in [2.45, 2.75) is 44.8 Å². The summed E-state index contributed by atoms with van der Waals surface area (Å²) >= 11 is 0. The van der Waals surface area contributed by atoms with E-state index in [9.17, 15) is 0 Å². The molecule has 0 unspecified atom stereocenters. The summed E-state index contributed by atoms with van der Waals surface area (Å²) in [5.74, 6) is 1.94. The first-order valence-electron chi connectivity index (χ1n) is 7.89. The van der Waals surface area contributed by atoms with E-state index in [1.807, 2.05) is 0 Å². The molecule has 3 heterocycles. The molecule has 2 aliphatic heterocycles. The van der Waals surface area contributed by atoms with E-state index in [1.54, 1.807) is 0 Å². The smallest absolute Gasteiger partial charge is 0.230 e. The van der Waals surface area contributed by atoms with Crippen molar-refractivity contribution in [3.63, 3.8) is 0 Å². The summed E-state index contributed by atoms with van der Waals surface area (Å²) in [6, 6.07) is 0. The van der Waals surface area contributed by atoms with Crippen LogP contribution in [-0.4, -0.2) is 65.4 Å². The number of hydrogen-bond donors (Lipinski definition) is 0. The van der Waals surface area contributed by atoms with E-state index in [0.29, 0.717) is 5.92 Å². The zero-order valence-electron chi connectivity index (χ0n) is 13.3. The van der Waals surface area contributed by atoms with E-state index in [0.717, 1.165) is 63.9 Å². The van der Waals surface area contributed by atoms with Crippen LogP contribution in [0.3, 0.4) is 0 Å². The van der Waals surface area contributed by atoms with Crippen LogP contribution < -0.4 is 0 Å². The minimum Gasteiger partial charge on any atom is -0.376 e. The van der Waals surface area contributed by atoms with Gasteiger partial charge < -0.3 is 14.2 Å². The fourth-order valence-electron chi connectivity index (χ4n) is 3.15. The monoisotopic (exact) mass is 294 g/mol. The van der Waals surface area contributed by atoms with Crippen molar-refractivity contribution in [1.82, 2.24) is 19.9 Å². The Hall–Kier alpha value is -0.980. The van der Waals surface area contributed by atoms with Gasteiger partial charge in [0.2, 0.25) is 5.89 Å². The minimum atomic E-state index is -0.0883. The molecular formula is C15H26N4O2. The molecule has 21 heavy (non-hydrogen) atoms. The summed E-state index contributed by atoms with van der Waals surface area (Å²) in [7, 11) is 2.16. The van der Waals surface area contributed by atoms with Crippen molar-refractivity contribution in [2.75, 3.05) is 39.8 Å². The Bertz CT molecular complexity index is 466. The van der Waals surface area contributed by atoms with Crippen LogP contribution in [-0.2, 0) is 11.3 Å². The van der Waals surface area contributed by atoms with Gasteiger partial charge in [-0.05, 0) is 33.7 Å². The van der Waals surface area contributed by atoms with Crippen LogP contribution in [0.1, 0.15) is 44.3 Å². The van der Waals surface area contributed by atoms with Gasteiger partial charge in [-0.25, -0.2) is 0 Å². The molecule has 0 N–H and O–H groups in total. The Kier molecular flexibility index (Phi) is 4.28. The molecule has 0 spiro atoms. The molecule has 2 fully saturated rings. The van der Waals surface area contributed by atoms with Gasteiger partial charge in [-0.2, -0.15) is 4.98 Å². The summed E-state index contributed by atoms with van der Waals surface area (Å²) in [5, 5.41) is 4.17. The molecule has 0 aromatic carbocycles. The third-order valence-corrected chi connectivity index (χ3v) is 4.49. The summed E-state index contributed by atoms with van der Waals surface area (Å²) in [5.41, 5.74) is -0.0883. The number of hydrogen-bond acceptors (Lipinski definition) is 6. The van der Waals surface area contributed by atoms with Crippen LogP contribution in [0.2, 0.25) is 0 Å². The van der Waals surface area contributed by atoms with E-state index in [1.165, 1.54) is 0 Å². The second-order valence-electron chi connectivity index (χ2n) is 6.93. The van der Waals surface area contributed by atoms with Gasteiger partial charge in [0.1, 0.15) is 0 Å². The lowest BCUT2D eigenvalue weighted by Gasteiger charge is -2.33. The summed E-state index contributed by atoms with van der Waals surface area (Å²) in [4.78, 5) is 9.36. The second kappa shape index (κ2) is 6.02. The number of ether oxygens (including phenoxy) is 1. The Morgan fingerprint density at radius 1 is 1.24 bits per heavy atom. The number of nitrogens with zero attached hydrogens (tertiary/aromatic N) is 4. The van der Waals surface area contributed by atoms with Crippen LogP contribution in [0, 0.1) is 0 Å². The number of aromatic nitrogens is 2. The van der Waals surface area contributed by atoms with Crippen molar-refractivity contribution in [2.24, 2.45) is 0 Å². The average molecular weight is 294 g/mol. The lowest BCUT2D eigenvalue weighted by molar-refractivity contribution is -0.0627. The Balaban J connectivity index is 1.58. The van der Waals surface area contributed by atoms with Crippen molar-refractivity contribution < 1.29 is 9.26 Å². The highest BCUT2D eigenvalue weighted by atomic mass is 16.5. The molecule has 6 nitrogen and oxygen atoms in total. The van der Waals surface area contributed by atoms with Crippen LogP contribution in [0.4, 0.5) is 0 Å².